The summed E-state index contributed by atoms with van der Waals surface area (Å²) in [7, 11) is 1.50. The van der Waals surface area contributed by atoms with Gasteiger partial charge in [-0.15, -0.1) is 0 Å². The van der Waals surface area contributed by atoms with Gasteiger partial charge in [0.15, 0.2) is 0 Å². The summed E-state index contributed by atoms with van der Waals surface area (Å²) in [6, 6.07) is 6.58. The Balaban J connectivity index is 3.16. The van der Waals surface area contributed by atoms with Crippen LogP contribution in [0.25, 0.3) is 6.08 Å². The molecule has 0 aliphatic rings. The van der Waals surface area contributed by atoms with Crippen LogP contribution in [0.2, 0.25) is 0 Å². The van der Waals surface area contributed by atoms with Crippen LogP contribution >= 0.6 is 12.2 Å². The first-order valence-electron chi connectivity index (χ1n) is 4.37. The lowest BCUT2D eigenvalue weighted by Crippen LogP contribution is -2.09. The van der Waals surface area contributed by atoms with Crippen molar-refractivity contribution in [3.8, 4) is 17.6 Å². The number of hydrogen-bond donors (Lipinski definition) is 2. The van der Waals surface area contributed by atoms with Crippen molar-refractivity contribution in [1.82, 2.24) is 0 Å². The lowest BCUT2D eigenvalue weighted by molar-refractivity contribution is 0.407. The number of phenolic OH excluding ortho intramolecular Hbond substituents is 1. The Morgan fingerprint density at radius 1 is 1.62 bits per heavy atom. The fraction of sp³-hybridized carbons (Fsp3) is 0.0909. The van der Waals surface area contributed by atoms with Crippen LogP contribution in [-0.2, 0) is 0 Å². The Morgan fingerprint density at radius 2 is 2.31 bits per heavy atom. The zero-order chi connectivity index (χ0) is 12.1. The summed E-state index contributed by atoms with van der Waals surface area (Å²) in [6.45, 7) is 0. The van der Waals surface area contributed by atoms with Crippen molar-refractivity contribution in [2.75, 3.05) is 7.11 Å². The Hall–Kier alpha value is -2.06. The molecule has 82 valence electrons. The molecular weight excluding hydrogens is 224 g/mol. The number of phenols is 1. The average Bonchev–Trinajstić information content (AvgIpc) is 2.26. The van der Waals surface area contributed by atoms with Gasteiger partial charge in [0.1, 0.15) is 22.6 Å². The van der Waals surface area contributed by atoms with Gasteiger partial charge in [-0.05, 0) is 18.2 Å². The predicted molar refractivity (Wildman–Crippen MR) is 65.0 cm³/mol. The zero-order valence-electron chi connectivity index (χ0n) is 8.60. The van der Waals surface area contributed by atoms with Gasteiger partial charge < -0.3 is 15.6 Å². The smallest absolute Gasteiger partial charge is 0.126 e. The third-order valence-corrected chi connectivity index (χ3v) is 2.14. The highest BCUT2D eigenvalue weighted by molar-refractivity contribution is 7.80. The molecule has 0 spiro atoms. The molecule has 3 N–H and O–H groups in total. The minimum atomic E-state index is -0.00211. The van der Waals surface area contributed by atoms with Crippen molar-refractivity contribution in [2.24, 2.45) is 5.73 Å². The number of thiocarbonyl (C=S) groups is 1. The standard InChI is InChI=1S/C11H10N2O2S/c1-15-9-3-2-7(10(14)5-9)4-8(6-12)11(13)16/h2-5,14H,1H3,(H2,13,16)/b8-4+. The first-order valence-corrected chi connectivity index (χ1v) is 4.78. The van der Waals surface area contributed by atoms with Crippen LogP contribution in [0, 0.1) is 11.3 Å². The van der Waals surface area contributed by atoms with Gasteiger partial charge in [0.05, 0.1) is 12.7 Å². The van der Waals surface area contributed by atoms with Crippen LogP contribution in [-0.4, -0.2) is 17.2 Å². The van der Waals surface area contributed by atoms with Crippen LogP contribution in [0.4, 0.5) is 0 Å². The van der Waals surface area contributed by atoms with E-state index in [1.54, 1.807) is 12.1 Å². The Kier molecular flexibility index (Phi) is 3.86. The molecule has 0 fully saturated rings. The van der Waals surface area contributed by atoms with E-state index in [2.05, 4.69) is 12.2 Å². The van der Waals surface area contributed by atoms with Crippen LogP contribution in [0.5, 0.6) is 11.5 Å². The van der Waals surface area contributed by atoms with Gasteiger partial charge >= 0.3 is 0 Å². The Labute approximate surface area is 98.6 Å². The topological polar surface area (TPSA) is 79.3 Å². The van der Waals surface area contributed by atoms with Gasteiger partial charge in [-0.1, -0.05) is 12.2 Å². The summed E-state index contributed by atoms with van der Waals surface area (Å²) in [5.74, 6) is 0.534. The van der Waals surface area contributed by atoms with Gasteiger partial charge in [0.2, 0.25) is 0 Å². The molecule has 16 heavy (non-hydrogen) atoms. The Morgan fingerprint density at radius 3 is 2.75 bits per heavy atom. The lowest BCUT2D eigenvalue weighted by atomic mass is 10.1. The van der Waals surface area contributed by atoms with E-state index < -0.39 is 0 Å². The normalized spacial score (nSPS) is 10.6. The monoisotopic (exact) mass is 234 g/mol. The second kappa shape index (κ2) is 5.14. The second-order valence-electron chi connectivity index (χ2n) is 2.96. The summed E-state index contributed by atoms with van der Waals surface area (Å²) in [5.41, 5.74) is 5.95. The molecule has 5 heteroatoms. The summed E-state index contributed by atoms with van der Waals surface area (Å²) in [5, 5.41) is 18.4. The molecule has 0 amide bonds. The highest BCUT2D eigenvalue weighted by Gasteiger charge is 2.04. The average molecular weight is 234 g/mol. The number of nitrogens with zero attached hydrogens (tertiary/aromatic N) is 1. The van der Waals surface area contributed by atoms with Crippen molar-refractivity contribution in [3.05, 3.63) is 29.3 Å². The quantitative estimate of drug-likeness (QED) is 0.471. The van der Waals surface area contributed by atoms with Crippen LogP contribution in [0.1, 0.15) is 5.56 Å². The minimum Gasteiger partial charge on any atom is -0.507 e. The van der Waals surface area contributed by atoms with Crippen molar-refractivity contribution in [1.29, 1.82) is 5.26 Å². The summed E-state index contributed by atoms with van der Waals surface area (Å²) < 4.78 is 4.93. The second-order valence-corrected chi connectivity index (χ2v) is 3.40. The highest BCUT2D eigenvalue weighted by atomic mass is 32.1. The summed E-state index contributed by atoms with van der Waals surface area (Å²) >= 11 is 4.69. The molecule has 4 nitrogen and oxygen atoms in total. The molecule has 0 heterocycles. The number of nitrogens with two attached hydrogens (primary N) is 1. The van der Waals surface area contributed by atoms with Crippen LogP contribution in [0.3, 0.4) is 0 Å². The van der Waals surface area contributed by atoms with E-state index in [-0.39, 0.29) is 16.3 Å². The molecule has 1 aromatic carbocycles. The number of benzene rings is 1. The number of ether oxygens (including phenoxy) is 1. The maximum Gasteiger partial charge on any atom is 0.126 e. The highest BCUT2D eigenvalue weighted by Crippen LogP contribution is 2.25. The maximum atomic E-state index is 9.63. The molecule has 0 aliphatic carbocycles. The third-order valence-electron chi connectivity index (χ3n) is 1.92. The van der Waals surface area contributed by atoms with E-state index in [1.807, 2.05) is 6.07 Å². The van der Waals surface area contributed by atoms with E-state index in [1.165, 1.54) is 19.3 Å². The molecule has 1 rings (SSSR count). The SMILES string of the molecule is COc1ccc(/C=C(\C#N)C(N)=S)c(O)c1. The molecular formula is C11H10N2O2S. The lowest BCUT2D eigenvalue weighted by Gasteiger charge is -2.03. The summed E-state index contributed by atoms with van der Waals surface area (Å²) in [6.07, 6.45) is 1.43. The first kappa shape index (κ1) is 12.0. The van der Waals surface area contributed by atoms with Crippen molar-refractivity contribution >= 4 is 23.3 Å². The van der Waals surface area contributed by atoms with Gasteiger partial charge in [-0.2, -0.15) is 5.26 Å². The largest absolute Gasteiger partial charge is 0.507 e. The number of hydrogen-bond acceptors (Lipinski definition) is 4. The first-order chi connectivity index (χ1) is 7.58. The van der Waals surface area contributed by atoms with Crippen LogP contribution < -0.4 is 10.5 Å². The number of rotatable bonds is 3. The van der Waals surface area contributed by atoms with E-state index in [0.717, 1.165) is 0 Å². The van der Waals surface area contributed by atoms with E-state index in [9.17, 15) is 5.11 Å². The molecule has 0 aromatic heterocycles. The van der Waals surface area contributed by atoms with Gasteiger partial charge in [0.25, 0.3) is 0 Å². The maximum absolute atomic E-state index is 9.63. The number of nitriles is 1. The Bertz CT molecular complexity index is 489. The summed E-state index contributed by atoms with van der Waals surface area (Å²) in [4.78, 5) is -0.00211. The van der Waals surface area contributed by atoms with Crippen LogP contribution in [0.15, 0.2) is 23.8 Å². The van der Waals surface area contributed by atoms with Crippen molar-refractivity contribution in [2.45, 2.75) is 0 Å². The minimum absolute atomic E-state index is 0.00211. The molecule has 0 atom stereocenters. The van der Waals surface area contributed by atoms with E-state index >= 15 is 0 Å². The van der Waals surface area contributed by atoms with Gasteiger partial charge in [0, 0.05) is 11.6 Å². The molecule has 0 saturated carbocycles. The van der Waals surface area contributed by atoms with Crippen molar-refractivity contribution in [3.63, 3.8) is 0 Å². The van der Waals surface area contributed by atoms with Gasteiger partial charge in [-0.3, -0.25) is 0 Å². The molecule has 0 saturated heterocycles. The van der Waals surface area contributed by atoms with Crippen molar-refractivity contribution < 1.29 is 9.84 Å². The number of aromatic hydroxyl groups is 1. The van der Waals surface area contributed by atoms with E-state index in [4.69, 9.17) is 15.7 Å². The predicted octanol–water partition coefficient (Wildman–Crippen LogP) is 1.59. The van der Waals surface area contributed by atoms with Gasteiger partial charge in [-0.25, -0.2) is 0 Å². The molecule has 0 aliphatic heterocycles. The third kappa shape index (κ3) is 2.72. The molecule has 0 radical (unpaired) electrons. The fourth-order valence-electron chi connectivity index (χ4n) is 1.09. The molecule has 1 aromatic rings. The van der Waals surface area contributed by atoms with E-state index in [0.29, 0.717) is 11.3 Å². The molecule has 0 bridgehead atoms. The number of methoxy groups -OCH3 is 1. The molecule has 0 unspecified atom stereocenters. The zero-order valence-corrected chi connectivity index (χ0v) is 9.41. The fourth-order valence-corrected chi connectivity index (χ4v) is 1.19.